The highest BCUT2D eigenvalue weighted by atomic mass is 16.5. The first-order valence-electron chi connectivity index (χ1n) is 13.2. The predicted molar refractivity (Wildman–Crippen MR) is 148 cm³/mol. The average molecular weight is 506 g/mol. The number of fused-ring (bicyclic) bond motifs is 1. The summed E-state index contributed by atoms with van der Waals surface area (Å²) in [4.78, 5) is 31.7. The summed E-state index contributed by atoms with van der Waals surface area (Å²) >= 11 is 0. The maximum atomic E-state index is 13.2. The number of ether oxygens (including phenoxy) is 1. The van der Waals surface area contributed by atoms with Gasteiger partial charge in [-0.25, -0.2) is 4.99 Å². The molecule has 2 aromatic rings. The van der Waals surface area contributed by atoms with Gasteiger partial charge in [-0.05, 0) is 47.6 Å². The molecule has 2 aromatic carbocycles. The van der Waals surface area contributed by atoms with Gasteiger partial charge in [-0.3, -0.25) is 9.59 Å². The van der Waals surface area contributed by atoms with Gasteiger partial charge < -0.3 is 20.5 Å². The Kier molecular flexibility index (Phi) is 10.4. The summed E-state index contributed by atoms with van der Waals surface area (Å²) in [5, 5.41) is 9.20. The second kappa shape index (κ2) is 13.7. The second-order valence-corrected chi connectivity index (χ2v) is 9.66. The number of aliphatic imine (C=N–C) groups is 1. The molecule has 0 saturated carbocycles. The number of rotatable bonds is 12. The van der Waals surface area contributed by atoms with Crippen LogP contribution < -0.4 is 5.73 Å². The van der Waals surface area contributed by atoms with Gasteiger partial charge in [0.25, 0.3) is 0 Å². The first-order chi connectivity index (χ1) is 17.8. The minimum absolute atomic E-state index is 0.0467. The molecule has 1 unspecified atom stereocenters. The first kappa shape index (κ1) is 28.1. The van der Waals surface area contributed by atoms with E-state index in [1.54, 1.807) is 4.90 Å². The normalized spacial score (nSPS) is 13.6. The first-order valence-corrected chi connectivity index (χ1v) is 13.2. The molecule has 1 amide bonds. The number of benzene rings is 2. The fourth-order valence-electron chi connectivity index (χ4n) is 4.14. The van der Waals surface area contributed by atoms with E-state index in [2.05, 4.69) is 18.8 Å². The Morgan fingerprint density at radius 2 is 1.84 bits per heavy atom. The fourth-order valence-corrected chi connectivity index (χ4v) is 4.14. The van der Waals surface area contributed by atoms with Gasteiger partial charge >= 0.3 is 5.97 Å². The van der Waals surface area contributed by atoms with Crippen LogP contribution >= 0.6 is 0 Å². The van der Waals surface area contributed by atoms with Crippen LogP contribution in [-0.4, -0.2) is 54.0 Å². The molecule has 0 aromatic heterocycles. The summed E-state index contributed by atoms with van der Waals surface area (Å²) in [5.41, 5.74) is 11.2. The highest BCUT2D eigenvalue weighted by Crippen LogP contribution is 2.32. The molecule has 3 rings (SSSR count). The summed E-state index contributed by atoms with van der Waals surface area (Å²) in [6.45, 7) is 7.81. The monoisotopic (exact) mass is 505 g/mol. The molecule has 0 radical (unpaired) electrons. The van der Waals surface area contributed by atoms with E-state index in [0.29, 0.717) is 49.1 Å². The number of hydrogen-bond acceptors (Lipinski definition) is 6. The van der Waals surface area contributed by atoms with Gasteiger partial charge in [0.05, 0.1) is 18.7 Å². The Labute approximate surface area is 220 Å². The molecule has 3 N–H and O–H groups in total. The number of aliphatic hydroxyl groups is 1. The van der Waals surface area contributed by atoms with Crippen molar-refractivity contribution in [1.82, 2.24) is 4.90 Å². The fraction of sp³-hybridized carbons (Fsp3) is 0.433. The number of esters is 1. The number of amidine groups is 1. The van der Waals surface area contributed by atoms with Crippen LogP contribution in [-0.2, 0) is 20.7 Å². The highest BCUT2D eigenvalue weighted by molar-refractivity contribution is 6.05. The SMILES string of the molecule is CCCN(CCCO)C(=O)C1=Cc2ccc(-c3ccc(CC(=O)OCC(C)CC)cc3)cc2N=C(N)C1. The van der Waals surface area contributed by atoms with Crippen molar-refractivity contribution in [2.75, 3.05) is 26.3 Å². The third-order valence-corrected chi connectivity index (χ3v) is 6.50. The van der Waals surface area contributed by atoms with Crippen LogP contribution in [0.2, 0.25) is 0 Å². The summed E-state index contributed by atoms with van der Waals surface area (Å²) in [6.07, 6.45) is 4.77. The Hall–Kier alpha value is -3.45. The van der Waals surface area contributed by atoms with E-state index in [-0.39, 0.29) is 31.3 Å². The number of aliphatic hydroxyl groups excluding tert-OH is 1. The maximum absolute atomic E-state index is 13.2. The van der Waals surface area contributed by atoms with Gasteiger partial charge in [0.2, 0.25) is 5.91 Å². The van der Waals surface area contributed by atoms with E-state index in [4.69, 9.17) is 10.5 Å². The van der Waals surface area contributed by atoms with Crippen LogP contribution in [0.4, 0.5) is 5.69 Å². The van der Waals surface area contributed by atoms with E-state index in [0.717, 1.165) is 35.1 Å². The molecule has 0 aliphatic carbocycles. The Bertz CT molecular complexity index is 1140. The van der Waals surface area contributed by atoms with E-state index in [1.807, 2.05) is 55.5 Å². The molecule has 1 aliphatic rings. The molecule has 0 saturated heterocycles. The number of carbonyl (C=O) groups excluding carboxylic acids is 2. The van der Waals surface area contributed by atoms with Crippen molar-refractivity contribution in [3.63, 3.8) is 0 Å². The summed E-state index contributed by atoms with van der Waals surface area (Å²) < 4.78 is 5.36. The van der Waals surface area contributed by atoms with Gasteiger partial charge in [0.15, 0.2) is 0 Å². The van der Waals surface area contributed by atoms with Gasteiger partial charge in [-0.2, -0.15) is 0 Å². The molecule has 0 spiro atoms. The lowest BCUT2D eigenvalue weighted by Gasteiger charge is -2.23. The Morgan fingerprint density at radius 1 is 1.11 bits per heavy atom. The van der Waals surface area contributed by atoms with E-state index in [9.17, 15) is 14.7 Å². The van der Waals surface area contributed by atoms with Crippen molar-refractivity contribution < 1.29 is 19.4 Å². The third kappa shape index (κ3) is 8.02. The van der Waals surface area contributed by atoms with Crippen molar-refractivity contribution in [3.8, 4) is 11.1 Å². The lowest BCUT2D eigenvalue weighted by atomic mass is 9.99. The highest BCUT2D eigenvalue weighted by Gasteiger charge is 2.21. The minimum atomic E-state index is -0.214. The summed E-state index contributed by atoms with van der Waals surface area (Å²) in [5.74, 6) is 0.472. The smallest absolute Gasteiger partial charge is 0.310 e. The second-order valence-electron chi connectivity index (χ2n) is 9.66. The molecule has 1 heterocycles. The van der Waals surface area contributed by atoms with E-state index in [1.165, 1.54) is 0 Å². The molecule has 7 heteroatoms. The van der Waals surface area contributed by atoms with Gasteiger partial charge in [0, 0.05) is 37.3 Å². The van der Waals surface area contributed by atoms with Crippen LogP contribution in [0.25, 0.3) is 17.2 Å². The largest absolute Gasteiger partial charge is 0.465 e. The Balaban J connectivity index is 1.77. The van der Waals surface area contributed by atoms with Crippen LogP contribution in [0.5, 0.6) is 0 Å². The molecule has 1 atom stereocenters. The van der Waals surface area contributed by atoms with E-state index < -0.39 is 0 Å². The molecule has 198 valence electrons. The van der Waals surface area contributed by atoms with Gasteiger partial charge in [-0.15, -0.1) is 0 Å². The Morgan fingerprint density at radius 3 is 2.51 bits per heavy atom. The standard InChI is InChI=1S/C30H39N3O4/c1-4-13-33(14-6-15-34)30(36)26-17-25-12-11-24(18-27(25)32-28(31)19-26)23-9-7-22(8-10-23)16-29(35)37-20-21(3)5-2/h7-12,17-18,21,34H,4-6,13-16,19-20H2,1-3H3,(H2,31,32). The zero-order chi connectivity index (χ0) is 26.8. The van der Waals surface area contributed by atoms with Crippen molar-refractivity contribution in [1.29, 1.82) is 0 Å². The van der Waals surface area contributed by atoms with Gasteiger partial charge in [-0.1, -0.05) is 63.6 Å². The van der Waals surface area contributed by atoms with Crippen LogP contribution in [0.1, 0.15) is 57.6 Å². The lowest BCUT2D eigenvalue weighted by molar-refractivity contribution is -0.144. The topological polar surface area (TPSA) is 105 Å². The molecular formula is C30H39N3O4. The van der Waals surface area contributed by atoms with Crippen molar-refractivity contribution in [2.45, 2.75) is 52.9 Å². The molecule has 37 heavy (non-hydrogen) atoms. The zero-order valence-electron chi connectivity index (χ0n) is 22.2. The summed E-state index contributed by atoms with van der Waals surface area (Å²) in [7, 11) is 0. The number of nitrogens with zero attached hydrogens (tertiary/aromatic N) is 2. The molecule has 1 aliphatic heterocycles. The maximum Gasteiger partial charge on any atom is 0.310 e. The van der Waals surface area contributed by atoms with Crippen LogP contribution in [0.3, 0.4) is 0 Å². The van der Waals surface area contributed by atoms with Crippen molar-refractivity contribution in [3.05, 3.63) is 59.2 Å². The van der Waals surface area contributed by atoms with E-state index >= 15 is 0 Å². The van der Waals surface area contributed by atoms with Crippen LogP contribution in [0, 0.1) is 5.92 Å². The number of hydrogen-bond donors (Lipinski definition) is 2. The molecular weight excluding hydrogens is 466 g/mol. The quantitative estimate of drug-likeness (QED) is 0.400. The molecule has 0 bridgehead atoms. The summed E-state index contributed by atoms with van der Waals surface area (Å²) in [6, 6.07) is 13.8. The zero-order valence-corrected chi connectivity index (χ0v) is 22.2. The number of carbonyl (C=O) groups is 2. The number of nitrogens with two attached hydrogens (primary N) is 1. The minimum Gasteiger partial charge on any atom is -0.465 e. The third-order valence-electron chi connectivity index (χ3n) is 6.50. The number of amides is 1. The predicted octanol–water partition coefficient (Wildman–Crippen LogP) is 4.88. The molecule has 7 nitrogen and oxygen atoms in total. The van der Waals surface area contributed by atoms with Crippen LogP contribution in [0.15, 0.2) is 53.0 Å². The lowest BCUT2D eigenvalue weighted by Crippen LogP contribution is -2.35. The average Bonchev–Trinajstić information content (AvgIpc) is 3.07. The van der Waals surface area contributed by atoms with Crippen molar-refractivity contribution in [2.24, 2.45) is 16.6 Å². The van der Waals surface area contributed by atoms with Crippen molar-refractivity contribution >= 4 is 29.5 Å². The molecule has 0 fully saturated rings. The van der Waals surface area contributed by atoms with Gasteiger partial charge in [0.1, 0.15) is 5.84 Å².